The lowest BCUT2D eigenvalue weighted by molar-refractivity contribution is 0.0620. The third-order valence-electron chi connectivity index (χ3n) is 3.91. The number of hydrogen-bond donors (Lipinski definition) is 1. The molecule has 4 nitrogen and oxygen atoms in total. The molecule has 0 radical (unpaired) electrons. The Hall–Kier alpha value is -2.62. The fourth-order valence-corrected chi connectivity index (χ4v) is 2.70. The molecule has 0 saturated carbocycles. The van der Waals surface area contributed by atoms with Gasteiger partial charge in [0.15, 0.2) is 5.78 Å². The van der Waals surface area contributed by atoms with Crippen molar-refractivity contribution in [3.63, 3.8) is 0 Å². The maximum absolute atomic E-state index is 12.4. The number of ether oxygens (including phenoxy) is 1. The van der Waals surface area contributed by atoms with Crippen LogP contribution in [0.5, 0.6) is 5.75 Å². The molecule has 1 amide bonds. The summed E-state index contributed by atoms with van der Waals surface area (Å²) in [5, 5.41) is 2.87. The fourth-order valence-electron chi connectivity index (χ4n) is 2.70. The number of hydrogen-bond acceptors (Lipinski definition) is 3. The number of aryl methyl sites for hydroxylation is 1. The van der Waals surface area contributed by atoms with E-state index in [1.807, 2.05) is 45.0 Å². The molecule has 23 heavy (non-hydrogen) atoms. The van der Waals surface area contributed by atoms with Crippen LogP contribution in [-0.2, 0) is 0 Å². The van der Waals surface area contributed by atoms with E-state index >= 15 is 0 Å². The van der Waals surface area contributed by atoms with Gasteiger partial charge in [0.1, 0.15) is 11.4 Å². The van der Waals surface area contributed by atoms with Crippen molar-refractivity contribution in [1.82, 2.24) is 0 Å². The zero-order valence-electron chi connectivity index (χ0n) is 13.5. The summed E-state index contributed by atoms with van der Waals surface area (Å²) in [4.78, 5) is 24.7. The average Bonchev–Trinajstić information content (AvgIpc) is 2.48. The molecular weight excluding hydrogens is 290 g/mol. The molecule has 0 aliphatic carbocycles. The number of amides is 1. The second-order valence-corrected chi connectivity index (χ2v) is 6.44. The van der Waals surface area contributed by atoms with Crippen molar-refractivity contribution >= 4 is 17.4 Å². The Morgan fingerprint density at radius 1 is 1.17 bits per heavy atom. The Labute approximate surface area is 135 Å². The highest BCUT2D eigenvalue weighted by Gasteiger charge is 2.32. The molecule has 2 aromatic carbocycles. The fraction of sp³-hybridized carbons (Fsp3) is 0.263. The number of carbonyl (C=O) groups excluding carboxylic acids is 2. The van der Waals surface area contributed by atoms with Gasteiger partial charge in [-0.3, -0.25) is 9.59 Å². The van der Waals surface area contributed by atoms with Gasteiger partial charge in [0.2, 0.25) is 0 Å². The number of nitrogens with one attached hydrogen (secondary N) is 1. The number of Topliss-reactive ketones (excluding diaryl/α,β-unsaturated/α-hetero) is 1. The minimum Gasteiger partial charge on any atom is -0.487 e. The Balaban J connectivity index is 1.88. The first kappa shape index (κ1) is 15.3. The van der Waals surface area contributed by atoms with Crippen LogP contribution in [0.3, 0.4) is 0 Å². The third kappa shape index (κ3) is 3.11. The van der Waals surface area contributed by atoms with Crippen LogP contribution >= 0.6 is 0 Å². The Bertz CT molecular complexity index is 793. The van der Waals surface area contributed by atoms with Crippen molar-refractivity contribution in [2.75, 3.05) is 5.32 Å². The highest BCUT2D eigenvalue weighted by Crippen LogP contribution is 2.33. The molecule has 1 heterocycles. The van der Waals surface area contributed by atoms with Gasteiger partial charge < -0.3 is 10.1 Å². The Morgan fingerprint density at radius 3 is 2.65 bits per heavy atom. The molecule has 0 bridgehead atoms. The van der Waals surface area contributed by atoms with Gasteiger partial charge >= 0.3 is 0 Å². The summed E-state index contributed by atoms with van der Waals surface area (Å²) in [6, 6.07) is 12.6. The van der Waals surface area contributed by atoms with Gasteiger partial charge in [0, 0.05) is 11.3 Å². The first-order chi connectivity index (χ1) is 10.9. The highest BCUT2D eigenvalue weighted by molar-refractivity contribution is 6.08. The van der Waals surface area contributed by atoms with Crippen LogP contribution in [0, 0.1) is 6.92 Å². The highest BCUT2D eigenvalue weighted by atomic mass is 16.5. The van der Waals surface area contributed by atoms with Crippen molar-refractivity contribution < 1.29 is 14.3 Å². The molecule has 0 saturated heterocycles. The van der Waals surface area contributed by atoms with Gasteiger partial charge in [0.05, 0.1) is 12.0 Å². The number of ketones is 1. The van der Waals surface area contributed by atoms with E-state index in [9.17, 15) is 9.59 Å². The topological polar surface area (TPSA) is 55.4 Å². The zero-order valence-corrected chi connectivity index (χ0v) is 13.5. The van der Waals surface area contributed by atoms with E-state index in [0.29, 0.717) is 23.3 Å². The van der Waals surface area contributed by atoms with Crippen LogP contribution in [0.1, 0.15) is 46.5 Å². The molecule has 1 aliphatic heterocycles. The van der Waals surface area contributed by atoms with E-state index in [-0.39, 0.29) is 11.7 Å². The number of fused-ring (bicyclic) bond motifs is 1. The van der Waals surface area contributed by atoms with Crippen molar-refractivity contribution in [2.24, 2.45) is 0 Å². The van der Waals surface area contributed by atoms with E-state index in [0.717, 1.165) is 11.3 Å². The quantitative estimate of drug-likeness (QED) is 0.912. The van der Waals surface area contributed by atoms with Gasteiger partial charge in [-0.25, -0.2) is 0 Å². The van der Waals surface area contributed by atoms with Gasteiger partial charge in [-0.2, -0.15) is 0 Å². The van der Waals surface area contributed by atoms with Gasteiger partial charge in [-0.15, -0.1) is 0 Å². The van der Waals surface area contributed by atoms with E-state index < -0.39 is 5.60 Å². The van der Waals surface area contributed by atoms with Gasteiger partial charge in [-0.1, -0.05) is 18.2 Å². The smallest absolute Gasteiger partial charge is 0.255 e. The normalized spacial score (nSPS) is 15.5. The molecule has 1 aliphatic rings. The van der Waals surface area contributed by atoms with E-state index in [1.54, 1.807) is 18.2 Å². The number of carbonyl (C=O) groups is 2. The predicted molar refractivity (Wildman–Crippen MR) is 89.2 cm³/mol. The van der Waals surface area contributed by atoms with Crippen LogP contribution in [0.25, 0.3) is 0 Å². The van der Waals surface area contributed by atoms with Crippen LogP contribution in [0.2, 0.25) is 0 Å². The van der Waals surface area contributed by atoms with Crippen molar-refractivity contribution in [1.29, 1.82) is 0 Å². The zero-order chi connectivity index (χ0) is 16.6. The summed E-state index contributed by atoms with van der Waals surface area (Å²) in [6.45, 7) is 5.70. The number of para-hydroxylation sites is 1. The Kier molecular flexibility index (Phi) is 3.68. The Morgan fingerprint density at radius 2 is 1.91 bits per heavy atom. The summed E-state index contributed by atoms with van der Waals surface area (Å²) >= 11 is 0. The molecule has 0 aromatic heterocycles. The molecule has 2 aromatic rings. The molecule has 1 N–H and O–H groups in total. The van der Waals surface area contributed by atoms with Crippen LogP contribution in [-0.4, -0.2) is 17.3 Å². The lowest BCUT2D eigenvalue weighted by Crippen LogP contribution is -2.36. The molecule has 0 atom stereocenters. The molecule has 0 spiro atoms. The first-order valence-electron chi connectivity index (χ1n) is 7.59. The maximum atomic E-state index is 12.4. The summed E-state index contributed by atoms with van der Waals surface area (Å²) < 4.78 is 5.81. The lowest BCUT2D eigenvalue weighted by Gasteiger charge is -2.31. The SMILES string of the molecule is Cc1ccccc1NC(=O)c1ccc2c(c1)C(=O)CC(C)(C)O2. The van der Waals surface area contributed by atoms with Crippen LogP contribution in [0.15, 0.2) is 42.5 Å². The predicted octanol–water partition coefficient (Wildman–Crippen LogP) is 3.99. The molecule has 0 fully saturated rings. The van der Waals surface area contributed by atoms with E-state index in [4.69, 9.17) is 4.74 Å². The van der Waals surface area contributed by atoms with Crippen LogP contribution < -0.4 is 10.1 Å². The lowest BCUT2D eigenvalue weighted by atomic mass is 9.92. The summed E-state index contributed by atoms with van der Waals surface area (Å²) in [6.07, 6.45) is 0.308. The second-order valence-electron chi connectivity index (χ2n) is 6.44. The van der Waals surface area contributed by atoms with E-state index in [1.165, 1.54) is 0 Å². The van der Waals surface area contributed by atoms with Gasteiger partial charge in [0.25, 0.3) is 5.91 Å². The average molecular weight is 309 g/mol. The largest absolute Gasteiger partial charge is 0.487 e. The first-order valence-corrected chi connectivity index (χ1v) is 7.59. The van der Waals surface area contributed by atoms with Gasteiger partial charge in [-0.05, 0) is 50.6 Å². The van der Waals surface area contributed by atoms with Crippen molar-refractivity contribution in [2.45, 2.75) is 32.8 Å². The monoisotopic (exact) mass is 309 g/mol. The van der Waals surface area contributed by atoms with Crippen molar-refractivity contribution in [3.8, 4) is 5.75 Å². The van der Waals surface area contributed by atoms with E-state index in [2.05, 4.69) is 5.32 Å². The molecule has 3 rings (SSSR count). The maximum Gasteiger partial charge on any atom is 0.255 e. The third-order valence-corrected chi connectivity index (χ3v) is 3.91. The summed E-state index contributed by atoms with van der Waals surface area (Å²) in [5.74, 6) is 0.306. The van der Waals surface area contributed by atoms with Crippen LogP contribution in [0.4, 0.5) is 5.69 Å². The summed E-state index contributed by atoms with van der Waals surface area (Å²) in [5.41, 5.74) is 2.17. The standard InChI is InChI=1S/C19H19NO3/c1-12-6-4-5-7-15(12)20-18(22)13-8-9-17-14(10-13)16(21)11-19(2,3)23-17/h4-10H,11H2,1-3H3,(H,20,22). The van der Waals surface area contributed by atoms with Crippen molar-refractivity contribution in [3.05, 3.63) is 59.2 Å². The second kappa shape index (κ2) is 5.54. The number of benzene rings is 2. The summed E-state index contributed by atoms with van der Waals surface area (Å²) in [7, 11) is 0. The minimum atomic E-state index is -0.505. The minimum absolute atomic E-state index is 0.00166. The number of anilines is 1. The molecular formula is C19H19NO3. The molecule has 4 heteroatoms. The molecule has 118 valence electrons. The molecule has 0 unspecified atom stereocenters. The number of rotatable bonds is 2.